The molecular weight excluding hydrogens is 260 g/mol. The predicted molar refractivity (Wildman–Crippen MR) is 73.9 cm³/mol. The molecule has 1 aliphatic heterocycles. The largest absolute Gasteiger partial charge is 0.491 e. The zero-order valence-electron chi connectivity index (χ0n) is 12.3. The second kappa shape index (κ2) is 5.19. The first-order chi connectivity index (χ1) is 9.30. The highest BCUT2D eigenvalue weighted by Crippen LogP contribution is 2.17. The van der Waals surface area contributed by atoms with Gasteiger partial charge in [0.2, 0.25) is 5.43 Å². The molecule has 1 amide bonds. The first kappa shape index (κ1) is 14.4. The van der Waals surface area contributed by atoms with Gasteiger partial charge in [0.05, 0.1) is 19.9 Å². The number of aromatic nitrogens is 1. The van der Waals surface area contributed by atoms with Gasteiger partial charge >= 0.3 is 6.09 Å². The van der Waals surface area contributed by atoms with Crippen molar-refractivity contribution in [3.63, 3.8) is 0 Å². The number of amides is 1. The average molecular weight is 280 g/mol. The van der Waals surface area contributed by atoms with Crippen LogP contribution >= 0.6 is 0 Å². The lowest BCUT2D eigenvalue weighted by molar-refractivity contribution is 0.0197. The molecule has 0 aromatic carbocycles. The summed E-state index contributed by atoms with van der Waals surface area (Å²) >= 11 is 0. The number of ether oxygens (including phenoxy) is 2. The Hall–Kier alpha value is -1.98. The summed E-state index contributed by atoms with van der Waals surface area (Å²) in [6, 6.07) is 1.51. The average Bonchev–Trinajstić information content (AvgIpc) is 2.35. The summed E-state index contributed by atoms with van der Waals surface area (Å²) in [6.07, 6.45) is 1.33. The van der Waals surface area contributed by atoms with Gasteiger partial charge in [-0.05, 0) is 20.8 Å². The number of methoxy groups -OCH3 is 1. The third-order valence-corrected chi connectivity index (χ3v) is 3.02. The Morgan fingerprint density at radius 2 is 2.00 bits per heavy atom. The van der Waals surface area contributed by atoms with Gasteiger partial charge in [0, 0.05) is 24.8 Å². The van der Waals surface area contributed by atoms with Crippen molar-refractivity contribution in [3.8, 4) is 5.75 Å². The molecule has 0 aliphatic carbocycles. The molecule has 2 heterocycles. The van der Waals surface area contributed by atoms with Gasteiger partial charge in [0.1, 0.15) is 5.60 Å². The first-order valence-electron chi connectivity index (χ1n) is 6.55. The molecule has 1 aromatic heterocycles. The van der Waals surface area contributed by atoms with E-state index < -0.39 is 5.60 Å². The number of nitrogens with zero attached hydrogens (tertiary/aromatic N) is 2. The lowest BCUT2D eigenvalue weighted by Crippen LogP contribution is -2.42. The smallest absolute Gasteiger partial charge is 0.410 e. The Balaban J connectivity index is 2.17. The summed E-state index contributed by atoms with van der Waals surface area (Å²) in [5.41, 5.74) is 0.0892. The summed E-state index contributed by atoms with van der Waals surface area (Å²) in [7, 11) is 1.47. The fourth-order valence-corrected chi connectivity index (χ4v) is 2.08. The second-order valence-corrected chi connectivity index (χ2v) is 5.79. The molecule has 6 heteroatoms. The molecule has 0 bridgehead atoms. The number of hydrogen-bond acceptors (Lipinski definition) is 4. The van der Waals surface area contributed by atoms with Crippen LogP contribution in [0.1, 0.15) is 26.5 Å². The van der Waals surface area contributed by atoms with E-state index in [4.69, 9.17) is 9.47 Å². The van der Waals surface area contributed by atoms with Crippen molar-refractivity contribution in [1.29, 1.82) is 0 Å². The molecule has 0 saturated carbocycles. The Morgan fingerprint density at radius 1 is 1.30 bits per heavy atom. The van der Waals surface area contributed by atoms with E-state index in [1.54, 1.807) is 11.1 Å². The summed E-state index contributed by atoms with van der Waals surface area (Å²) in [6.45, 7) is 7.03. The van der Waals surface area contributed by atoms with Crippen molar-refractivity contribution in [2.75, 3.05) is 13.7 Å². The van der Waals surface area contributed by atoms with E-state index >= 15 is 0 Å². The fraction of sp³-hybridized carbons (Fsp3) is 0.571. The molecule has 1 aromatic rings. The van der Waals surface area contributed by atoms with E-state index in [0.29, 0.717) is 25.4 Å². The number of rotatable bonds is 1. The zero-order chi connectivity index (χ0) is 14.9. The van der Waals surface area contributed by atoms with E-state index in [1.165, 1.54) is 13.2 Å². The third-order valence-electron chi connectivity index (χ3n) is 3.02. The maximum Gasteiger partial charge on any atom is 0.410 e. The SMILES string of the molecule is COc1cn2c(cc1=O)CN(C(=O)OC(C)(C)C)CC2. The van der Waals surface area contributed by atoms with Gasteiger partial charge in [-0.25, -0.2) is 4.79 Å². The van der Waals surface area contributed by atoms with E-state index in [-0.39, 0.29) is 11.5 Å². The minimum Gasteiger partial charge on any atom is -0.491 e. The summed E-state index contributed by atoms with van der Waals surface area (Å²) < 4.78 is 12.3. The molecular formula is C14H20N2O4. The third kappa shape index (κ3) is 3.12. The molecule has 110 valence electrons. The summed E-state index contributed by atoms with van der Waals surface area (Å²) in [4.78, 5) is 25.4. The lowest BCUT2D eigenvalue weighted by Gasteiger charge is -2.32. The Bertz CT molecular complexity index is 572. The van der Waals surface area contributed by atoms with Gasteiger partial charge in [-0.15, -0.1) is 0 Å². The summed E-state index contributed by atoms with van der Waals surface area (Å²) in [5.74, 6) is 0.319. The number of carbonyl (C=O) groups is 1. The van der Waals surface area contributed by atoms with Crippen LogP contribution in [0.15, 0.2) is 17.1 Å². The highest BCUT2D eigenvalue weighted by atomic mass is 16.6. The van der Waals surface area contributed by atoms with Crippen LogP contribution in [-0.4, -0.2) is 34.8 Å². The minimum absolute atomic E-state index is 0.176. The Morgan fingerprint density at radius 3 is 2.60 bits per heavy atom. The van der Waals surface area contributed by atoms with Crippen LogP contribution in [0.4, 0.5) is 4.79 Å². The van der Waals surface area contributed by atoms with E-state index in [2.05, 4.69) is 0 Å². The van der Waals surface area contributed by atoms with Crippen molar-refractivity contribution in [2.45, 2.75) is 39.5 Å². The maximum atomic E-state index is 12.0. The standard InChI is InChI=1S/C14H20N2O4/c1-14(2,3)20-13(18)16-6-5-15-9-12(19-4)11(17)7-10(15)8-16/h7,9H,5-6,8H2,1-4H3. The van der Waals surface area contributed by atoms with Gasteiger partial charge in [-0.2, -0.15) is 0 Å². The van der Waals surface area contributed by atoms with Crippen LogP contribution in [0.25, 0.3) is 0 Å². The van der Waals surface area contributed by atoms with Crippen molar-refractivity contribution in [1.82, 2.24) is 9.47 Å². The molecule has 0 atom stereocenters. The molecule has 0 fully saturated rings. The molecule has 0 radical (unpaired) electrons. The van der Waals surface area contributed by atoms with Crippen molar-refractivity contribution in [2.24, 2.45) is 0 Å². The van der Waals surface area contributed by atoms with Crippen molar-refractivity contribution < 1.29 is 14.3 Å². The van der Waals surface area contributed by atoms with Crippen LogP contribution in [0.3, 0.4) is 0 Å². The van der Waals surface area contributed by atoms with Crippen molar-refractivity contribution in [3.05, 3.63) is 28.2 Å². The molecule has 2 rings (SSSR count). The zero-order valence-corrected chi connectivity index (χ0v) is 12.3. The highest BCUT2D eigenvalue weighted by molar-refractivity contribution is 5.68. The lowest BCUT2D eigenvalue weighted by atomic mass is 10.2. The Labute approximate surface area is 117 Å². The van der Waals surface area contributed by atoms with Gasteiger partial charge in [-0.3, -0.25) is 4.79 Å². The molecule has 20 heavy (non-hydrogen) atoms. The minimum atomic E-state index is -0.520. The van der Waals surface area contributed by atoms with E-state index in [0.717, 1.165) is 5.69 Å². The van der Waals surface area contributed by atoms with Crippen LogP contribution in [0.2, 0.25) is 0 Å². The van der Waals surface area contributed by atoms with Gasteiger partial charge in [0.15, 0.2) is 5.75 Å². The topological polar surface area (TPSA) is 60.8 Å². The molecule has 0 unspecified atom stereocenters. The normalized spacial score (nSPS) is 14.7. The van der Waals surface area contributed by atoms with Gasteiger partial charge < -0.3 is 18.9 Å². The van der Waals surface area contributed by atoms with Crippen molar-refractivity contribution >= 4 is 6.09 Å². The first-order valence-corrected chi connectivity index (χ1v) is 6.55. The van der Waals surface area contributed by atoms with Crippen LogP contribution in [-0.2, 0) is 17.8 Å². The number of carbonyl (C=O) groups excluding carboxylic acids is 1. The van der Waals surface area contributed by atoms with Gasteiger partial charge in [0.25, 0.3) is 0 Å². The Kier molecular flexibility index (Phi) is 3.74. The quantitative estimate of drug-likeness (QED) is 0.784. The monoisotopic (exact) mass is 280 g/mol. The van der Waals surface area contributed by atoms with E-state index in [9.17, 15) is 9.59 Å². The summed E-state index contributed by atoms with van der Waals surface area (Å²) in [5, 5.41) is 0. The molecule has 1 aliphatic rings. The number of fused-ring (bicyclic) bond motifs is 1. The fourth-order valence-electron chi connectivity index (χ4n) is 2.08. The maximum absolute atomic E-state index is 12.0. The van der Waals surface area contributed by atoms with Crippen LogP contribution < -0.4 is 10.2 Å². The van der Waals surface area contributed by atoms with Crippen LogP contribution in [0.5, 0.6) is 5.75 Å². The second-order valence-electron chi connectivity index (χ2n) is 5.79. The predicted octanol–water partition coefficient (Wildman–Crippen LogP) is 1.61. The molecule has 6 nitrogen and oxygen atoms in total. The highest BCUT2D eigenvalue weighted by Gasteiger charge is 2.25. The molecule has 0 spiro atoms. The van der Waals surface area contributed by atoms with E-state index in [1.807, 2.05) is 25.3 Å². The number of hydrogen-bond donors (Lipinski definition) is 0. The van der Waals surface area contributed by atoms with Gasteiger partial charge in [-0.1, -0.05) is 0 Å². The molecule has 0 N–H and O–H groups in total. The molecule has 0 saturated heterocycles. The number of pyridine rings is 1. The van der Waals surface area contributed by atoms with Crippen LogP contribution in [0, 0.1) is 0 Å².